The Bertz CT molecular complexity index is 126. The molecule has 4 heteroatoms. The van der Waals surface area contributed by atoms with E-state index in [2.05, 4.69) is 0 Å². The third-order valence-electron chi connectivity index (χ3n) is 1.05. The Balaban J connectivity index is -0.0000000102. The zero-order valence-electron chi connectivity index (χ0n) is 10.4. The van der Waals surface area contributed by atoms with Crippen LogP contribution in [0.25, 0.3) is 0 Å². The Kier molecular flexibility index (Phi) is 139. The van der Waals surface area contributed by atoms with Gasteiger partial charge in [-0.15, -0.1) is 24.8 Å². The number of hydrogen-bond donors (Lipinski definition) is 1. The van der Waals surface area contributed by atoms with Crippen LogP contribution in [0, 0.1) is 37.1 Å². The molecule has 1 nitrogen and oxygen atoms in total. The molecule has 1 rings (SSSR count). The summed E-state index contributed by atoms with van der Waals surface area (Å²) < 4.78 is 0. The third kappa shape index (κ3) is 25.2. The molecule has 0 amide bonds. The third-order valence-corrected chi connectivity index (χ3v) is 1.05. The van der Waals surface area contributed by atoms with E-state index in [1.54, 1.807) is 0 Å². The predicted octanol–water partition coefficient (Wildman–Crippen LogP) is 3.96. The first-order valence-electron chi connectivity index (χ1n) is 2.39. The Hall–Kier alpha value is 0.734. The second-order valence-electron chi connectivity index (χ2n) is 1.62. The van der Waals surface area contributed by atoms with Gasteiger partial charge in [-0.1, -0.05) is 18.2 Å². The van der Waals surface area contributed by atoms with Crippen LogP contribution in [-0.4, -0.2) is 11.7 Å². The van der Waals surface area contributed by atoms with Crippen LogP contribution >= 0.6 is 24.8 Å². The molecule has 1 N–H and O–H groups in total. The number of rotatable bonds is 1. The average molecular weight is 292 g/mol. The number of aliphatic hydroxyl groups excluding tert-OH is 1. The maximum absolute atomic E-state index is 8.46. The minimum atomic E-state index is 0. The van der Waals surface area contributed by atoms with Gasteiger partial charge in [0.1, 0.15) is 0 Å². The first-order chi connectivity index (χ1) is 3.43. The molecule has 0 heterocycles. The number of aliphatic hydroxyl groups is 1. The molecule has 0 aromatic carbocycles. The summed E-state index contributed by atoms with van der Waals surface area (Å²) >= 11 is 0. The minimum absolute atomic E-state index is 0. The molecule has 0 saturated carbocycles. The fourth-order valence-corrected chi connectivity index (χ4v) is 0.609. The molecule has 0 fully saturated rings. The first kappa shape index (κ1) is 57.1. The molecule has 0 atom stereocenters. The van der Waals surface area contributed by atoms with Gasteiger partial charge in [0.25, 0.3) is 0 Å². The topological polar surface area (TPSA) is 20.2 Å². The van der Waals surface area contributed by atoms with Gasteiger partial charge < -0.3 is 42.2 Å². The van der Waals surface area contributed by atoms with Gasteiger partial charge in [0, 0.05) is 21.7 Å². The molecule has 98 valence electrons. The van der Waals surface area contributed by atoms with Crippen molar-refractivity contribution in [3.63, 3.8) is 0 Å². The summed E-state index contributed by atoms with van der Waals surface area (Å²) in [6.45, 7) is 0.215. The zero-order chi connectivity index (χ0) is 5.11. The predicted molar refractivity (Wildman–Crippen MR) is 75.5 cm³/mol. The van der Waals surface area contributed by atoms with Crippen LogP contribution in [0.4, 0.5) is 0 Å². The van der Waals surface area contributed by atoms with Gasteiger partial charge in [0.2, 0.25) is 0 Å². The van der Waals surface area contributed by atoms with Crippen molar-refractivity contribution in [2.45, 2.75) is 6.42 Å². The molecule has 0 aromatic rings. The van der Waals surface area contributed by atoms with Crippen molar-refractivity contribution >= 4 is 24.8 Å². The second kappa shape index (κ2) is 36.4. The van der Waals surface area contributed by atoms with Gasteiger partial charge in [-0.05, 0) is 12.0 Å². The molecule has 0 spiro atoms. The molecular formula is C11H25Cl2OTi-5. The van der Waals surface area contributed by atoms with Crippen molar-refractivity contribution in [1.82, 2.24) is 0 Å². The van der Waals surface area contributed by atoms with E-state index >= 15 is 0 Å². The Morgan fingerprint density at radius 2 is 1.40 bits per heavy atom. The number of halogens is 2. The van der Waals surface area contributed by atoms with Crippen molar-refractivity contribution in [3.8, 4) is 0 Å². The number of hydrogen-bond acceptors (Lipinski definition) is 1. The molecule has 0 aromatic heterocycles. The quantitative estimate of drug-likeness (QED) is 0.573. The molecule has 0 unspecified atom stereocenters. The van der Waals surface area contributed by atoms with E-state index in [0.717, 1.165) is 12.0 Å². The van der Waals surface area contributed by atoms with E-state index in [-0.39, 0.29) is 90.3 Å². The van der Waals surface area contributed by atoms with Gasteiger partial charge in [0.15, 0.2) is 0 Å². The fourth-order valence-electron chi connectivity index (χ4n) is 0.609. The number of allylic oxidation sites excluding steroid dienone is 3. The molecule has 0 bridgehead atoms. The van der Waals surface area contributed by atoms with Gasteiger partial charge in [0.05, 0.1) is 6.61 Å². The molecule has 0 aliphatic heterocycles. The van der Waals surface area contributed by atoms with Crippen LogP contribution in [0.1, 0.15) is 6.42 Å². The van der Waals surface area contributed by atoms with Gasteiger partial charge >= 0.3 is 0 Å². The summed E-state index contributed by atoms with van der Waals surface area (Å²) in [5.74, 6) is 0. The SMILES string of the molecule is Cl.Cl.OCC1=CC=CC1.[CH3-].[CH3-].[CH3-].[CH3-].[CH3-].[Ti]. The molecular weight excluding hydrogens is 267 g/mol. The Morgan fingerprint density at radius 1 is 1.00 bits per heavy atom. The van der Waals surface area contributed by atoms with Crippen molar-refractivity contribution in [1.29, 1.82) is 0 Å². The van der Waals surface area contributed by atoms with Crippen LogP contribution in [-0.2, 0) is 21.7 Å². The minimum Gasteiger partial charge on any atom is -0.392 e. The summed E-state index contributed by atoms with van der Waals surface area (Å²) in [5, 5.41) is 8.46. The van der Waals surface area contributed by atoms with E-state index in [4.69, 9.17) is 5.11 Å². The van der Waals surface area contributed by atoms with E-state index in [1.165, 1.54) is 0 Å². The molecule has 0 radical (unpaired) electrons. The van der Waals surface area contributed by atoms with Crippen LogP contribution in [0.3, 0.4) is 0 Å². The Morgan fingerprint density at radius 3 is 1.53 bits per heavy atom. The van der Waals surface area contributed by atoms with Crippen LogP contribution in [0.15, 0.2) is 23.8 Å². The van der Waals surface area contributed by atoms with Crippen molar-refractivity contribution in [3.05, 3.63) is 60.9 Å². The zero-order valence-corrected chi connectivity index (χ0v) is 13.6. The van der Waals surface area contributed by atoms with Crippen LogP contribution < -0.4 is 0 Å². The smallest absolute Gasteiger partial charge is 0.0647 e. The second-order valence-corrected chi connectivity index (χ2v) is 1.62. The molecule has 1 aliphatic rings. The summed E-state index contributed by atoms with van der Waals surface area (Å²) in [6, 6.07) is 0. The Labute approximate surface area is 125 Å². The van der Waals surface area contributed by atoms with Crippen LogP contribution in [0.2, 0.25) is 0 Å². The normalized spacial score (nSPS) is 8.20. The monoisotopic (exact) mass is 291 g/mol. The standard InChI is InChI=1S/C6H8O.5CH3.2ClH.Ti/c7-5-6-3-1-2-4-6;;;;;;;;/h1-3,7H,4-5H2;5*1H3;2*1H;/q;5*-1;;;. The fraction of sp³-hybridized carbons (Fsp3) is 0.182. The van der Waals surface area contributed by atoms with E-state index in [1.807, 2.05) is 18.2 Å². The van der Waals surface area contributed by atoms with Crippen molar-refractivity contribution in [2.75, 3.05) is 6.61 Å². The van der Waals surface area contributed by atoms with Gasteiger partial charge in [-0.3, -0.25) is 0 Å². The molecule has 0 saturated heterocycles. The van der Waals surface area contributed by atoms with E-state index in [0.29, 0.717) is 0 Å². The maximum atomic E-state index is 8.46. The summed E-state index contributed by atoms with van der Waals surface area (Å²) in [7, 11) is 0. The largest absolute Gasteiger partial charge is 0.392 e. The summed E-state index contributed by atoms with van der Waals surface area (Å²) in [5.41, 5.74) is 1.11. The summed E-state index contributed by atoms with van der Waals surface area (Å²) in [4.78, 5) is 0. The van der Waals surface area contributed by atoms with Gasteiger partial charge in [-0.25, -0.2) is 0 Å². The molecule has 15 heavy (non-hydrogen) atoms. The maximum Gasteiger partial charge on any atom is 0.0647 e. The van der Waals surface area contributed by atoms with Crippen molar-refractivity contribution < 1.29 is 26.8 Å². The van der Waals surface area contributed by atoms with Crippen molar-refractivity contribution in [2.24, 2.45) is 0 Å². The average Bonchev–Trinajstić information content (AvgIpc) is 2.14. The first-order valence-corrected chi connectivity index (χ1v) is 2.39. The summed E-state index contributed by atoms with van der Waals surface area (Å²) in [6.07, 6.45) is 6.88. The van der Waals surface area contributed by atoms with E-state index < -0.39 is 0 Å². The van der Waals surface area contributed by atoms with Gasteiger partial charge in [-0.2, -0.15) is 0 Å². The van der Waals surface area contributed by atoms with Crippen LogP contribution in [0.5, 0.6) is 0 Å². The molecule has 1 aliphatic carbocycles. The van der Waals surface area contributed by atoms with E-state index in [9.17, 15) is 0 Å².